The van der Waals surface area contributed by atoms with Crippen molar-refractivity contribution in [2.24, 2.45) is 0 Å². The van der Waals surface area contributed by atoms with Gasteiger partial charge in [-0.15, -0.1) is 11.8 Å². The van der Waals surface area contributed by atoms with Gasteiger partial charge in [0.1, 0.15) is 5.75 Å². The van der Waals surface area contributed by atoms with Crippen LogP contribution in [0.5, 0.6) is 5.75 Å². The maximum atomic E-state index is 12.6. The molecule has 1 amide bonds. The number of para-hydroxylation sites is 1. The zero-order chi connectivity index (χ0) is 16.8. The van der Waals surface area contributed by atoms with E-state index in [1.165, 1.54) is 5.56 Å². The summed E-state index contributed by atoms with van der Waals surface area (Å²) in [4.78, 5) is 15.4. The molecule has 0 aliphatic heterocycles. The molecule has 23 heavy (non-hydrogen) atoms. The van der Waals surface area contributed by atoms with Gasteiger partial charge in [-0.25, -0.2) is 0 Å². The summed E-state index contributed by atoms with van der Waals surface area (Å²) in [6.07, 6.45) is 0. The molecule has 122 valence electrons. The highest BCUT2D eigenvalue weighted by Gasteiger charge is 2.19. The number of aryl methyl sites for hydroxylation is 1. The number of nitrogens with zero attached hydrogens (tertiary/aromatic N) is 1. The second kappa shape index (κ2) is 8.06. The first-order chi connectivity index (χ1) is 11.0. The smallest absolute Gasteiger partial charge is 0.235 e. The Morgan fingerprint density at radius 2 is 1.83 bits per heavy atom. The molecule has 0 aliphatic rings. The lowest BCUT2D eigenvalue weighted by atomic mass is 10.2. The summed E-state index contributed by atoms with van der Waals surface area (Å²) in [5, 5.41) is -0.127. The molecule has 2 rings (SSSR count). The van der Waals surface area contributed by atoms with Gasteiger partial charge in [0.25, 0.3) is 0 Å². The van der Waals surface area contributed by atoms with E-state index in [1.54, 1.807) is 23.8 Å². The highest BCUT2D eigenvalue weighted by Crippen LogP contribution is 2.26. The van der Waals surface area contributed by atoms with Crippen molar-refractivity contribution < 1.29 is 9.53 Å². The van der Waals surface area contributed by atoms with Gasteiger partial charge in [-0.2, -0.15) is 0 Å². The van der Waals surface area contributed by atoms with E-state index >= 15 is 0 Å². The summed E-state index contributed by atoms with van der Waals surface area (Å²) in [5.41, 5.74) is 2.24. The van der Waals surface area contributed by atoms with Crippen LogP contribution in [-0.4, -0.2) is 30.2 Å². The zero-order valence-electron chi connectivity index (χ0n) is 14.1. The third kappa shape index (κ3) is 4.76. The fourth-order valence-corrected chi connectivity index (χ4v) is 3.33. The molecule has 0 radical (unpaired) electrons. The first kappa shape index (κ1) is 17.4. The van der Waals surface area contributed by atoms with Crippen LogP contribution in [0.4, 0.5) is 0 Å². The molecule has 0 heterocycles. The van der Waals surface area contributed by atoms with E-state index in [-0.39, 0.29) is 11.2 Å². The minimum Gasteiger partial charge on any atom is -0.496 e. The SMILES string of the molecule is COc1ccccc1CN(C)C(=O)[C@@H](C)Sc1ccc(C)cc1. The van der Waals surface area contributed by atoms with Gasteiger partial charge in [0.15, 0.2) is 0 Å². The van der Waals surface area contributed by atoms with Crippen molar-refractivity contribution >= 4 is 17.7 Å². The Hall–Kier alpha value is -1.94. The van der Waals surface area contributed by atoms with Gasteiger partial charge in [0.05, 0.1) is 12.4 Å². The first-order valence-corrected chi connectivity index (χ1v) is 8.49. The molecule has 0 N–H and O–H groups in total. The predicted octanol–water partition coefficient (Wildman–Crippen LogP) is 4.14. The van der Waals surface area contributed by atoms with Gasteiger partial charge in [0.2, 0.25) is 5.91 Å². The van der Waals surface area contributed by atoms with E-state index in [0.717, 1.165) is 16.2 Å². The van der Waals surface area contributed by atoms with Crippen LogP contribution in [0.2, 0.25) is 0 Å². The van der Waals surface area contributed by atoms with Gasteiger partial charge in [-0.1, -0.05) is 35.9 Å². The highest BCUT2D eigenvalue weighted by molar-refractivity contribution is 8.00. The van der Waals surface area contributed by atoms with Crippen molar-refractivity contribution in [1.29, 1.82) is 0 Å². The number of hydrogen-bond acceptors (Lipinski definition) is 3. The summed E-state index contributed by atoms with van der Waals surface area (Å²) >= 11 is 1.59. The lowest BCUT2D eigenvalue weighted by Gasteiger charge is -2.22. The quantitative estimate of drug-likeness (QED) is 0.746. The van der Waals surface area contributed by atoms with Crippen LogP contribution in [0.1, 0.15) is 18.1 Å². The number of amides is 1. The van der Waals surface area contributed by atoms with Crippen LogP contribution < -0.4 is 4.74 Å². The summed E-state index contributed by atoms with van der Waals surface area (Å²) in [7, 11) is 3.48. The van der Waals surface area contributed by atoms with E-state index in [4.69, 9.17) is 4.74 Å². The molecule has 0 saturated carbocycles. The Bertz CT molecular complexity index is 655. The maximum absolute atomic E-state index is 12.6. The number of methoxy groups -OCH3 is 1. The molecule has 0 bridgehead atoms. The lowest BCUT2D eigenvalue weighted by Crippen LogP contribution is -2.32. The van der Waals surface area contributed by atoms with Crippen molar-refractivity contribution in [3.05, 3.63) is 59.7 Å². The molecule has 0 unspecified atom stereocenters. The van der Waals surface area contributed by atoms with Gasteiger partial charge in [-0.3, -0.25) is 4.79 Å². The second-order valence-corrected chi connectivity index (χ2v) is 6.99. The number of carbonyl (C=O) groups excluding carboxylic acids is 1. The maximum Gasteiger partial charge on any atom is 0.235 e. The summed E-state index contributed by atoms with van der Waals surface area (Å²) in [6, 6.07) is 16.0. The Labute approximate surface area is 142 Å². The van der Waals surface area contributed by atoms with Crippen molar-refractivity contribution in [2.45, 2.75) is 30.5 Å². The molecule has 0 spiro atoms. The topological polar surface area (TPSA) is 29.5 Å². The molecule has 1 atom stereocenters. The molecular weight excluding hydrogens is 306 g/mol. The molecule has 4 heteroatoms. The number of ether oxygens (including phenoxy) is 1. The fraction of sp³-hybridized carbons (Fsp3) is 0.316. The highest BCUT2D eigenvalue weighted by atomic mass is 32.2. The van der Waals surface area contributed by atoms with Crippen LogP contribution in [0, 0.1) is 6.92 Å². The largest absolute Gasteiger partial charge is 0.496 e. The van der Waals surface area contributed by atoms with Gasteiger partial charge in [0, 0.05) is 24.1 Å². The zero-order valence-corrected chi connectivity index (χ0v) is 14.9. The second-order valence-electron chi connectivity index (χ2n) is 5.58. The van der Waals surface area contributed by atoms with Gasteiger partial charge >= 0.3 is 0 Å². The molecule has 0 fully saturated rings. The van der Waals surface area contributed by atoms with E-state index in [0.29, 0.717) is 6.54 Å². The molecule has 0 saturated heterocycles. The molecule has 2 aromatic carbocycles. The molecule has 0 aromatic heterocycles. The number of thioether (sulfide) groups is 1. The molecular formula is C19H23NO2S. The number of carbonyl (C=O) groups is 1. The van der Waals surface area contributed by atoms with Crippen LogP contribution in [0.3, 0.4) is 0 Å². The number of benzene rings is 2. The monoisotopic (exact) mass is 329 g/mol. The minimum atomic E-state index is -0.127. The predicted molar refractivity (Wildman–Crippen MR) is 96.0 cm³/mol. The van der Waals surface area contributed by atoms with Crippen LogP contribution in [0.25, 0.3) is 0 Å². The van der Waals surface area contributed by atoms with Gasteiger partial charge in [-0.05, 0) is 32.0 Å². The van der Waals surface area contributed by atoms with E-state index < -0.39 is 0 Å². The average Bonchev–Trinajstić information content (AvgIpc) is 2.56. The van der Waals surface area contributed by atoms with Gasteiger partial charge < -0.3 is 9.64 Å². The number of rotatable bonds is 6. The Morgan fingerprint density at radius 3 is 2.48 bits per heavy atom. The summed E-state index contributed by atoms with van der Waals surface area (Å²) in [5.74, 6) is 0.924. The van der Waals surface area contributed by atoms with Crippen LogP contribution in [-0.2, 0) is 11.3 Å². The summed E-state index contributed by atoms with van der Waals surface area (Å²) in [6.45, 7) is 4.55. The molecule has 0 aliphatic carbocycles. The van der Waals surface area contributed by atoms with Crippen molar-refractivity contribution in [3.63, 3.8) is 0 Å². The van der Waals surface area contributed by atoms with Crippen molar-refractivity contribution in [1.82, 2.24) is 4.90 Å². The number of hydrogen-bond donors (Lipinski definition) is 0. The third-order valence-corrected chi connectivity index (χ3v) is 4.76. The lowest BCUT2D eigenvalue weighted by molar-refractivity contribution is -0.129. The Balaban J connectivity index is 1.99. The minimum absolute atomic E-state index is 0.112. The average molecular weight is 329 g/mol. The first-order valence-electron chi connectivity index (χ1n) is 7.61. The Kier molecular flexibility index (Phi) is 6.11. The van der Waals surface area contributed by atoms with Crippen LogP contribution >= 0.6 is 11.8 Å². The van der Waals surface area contributed by atoms with Crippen molar-refractivity contribution in [2.75, 3.05) is 14.2 Å². The Morgan fingerprint density at radius 1 is 1.17 bits per heavy atom. The van der Waals surface area contributed by atoms with E-state index in [1.807, 2.05) is 38.2 Å². The third-order valence-electron chi connectivity index (χ3n) is 3.66. The van der Waals surface area contributed by atoms with Crippen molar-refractivity contribution in [3.8, 4) is 5.75 Å². The molecule has 2 aromatic rings. The van der Waals surface area contributed by atoms with Crippen LogP contribution in [0.15, 0.2) is 53.4 Å². The fourth-order valence-electron chi connectivity index (χ4n) is 2.35. The molecule has 3 nitrogen and oxygen atoms in total. The normalized spacial score (nSPS) is 11.8. The van der Waals surface area contributed by atoms with E-state index in [9.17, 15) is 4.79 Å². The standard InChI is InChI=1S/C19H23NO2S/c1-14-9-11-17(12-10-14)23-15(2)19(21)20(3)13-16-7-5-6-8-18(16)22-4/h5-12,15H,13H2,1-4H3/t15-/m1/s1. The summed E-state index contributed by atoms with van der Waals surface area (Å²) < 4.78 is 5.35. The van der Waals surface area contributed by atoms with E-state index in [2.05, 4.69) is 31.2 Å².